The second-order valence-corrected chi connectivity index (χ2v) is 14.3. The quantitative estimate of drug-likeness (QED) is 0.195. The van der Waals surface area contributed by atoms with Crippen molar-refractivity contribution in [2.75, 3.05) is 0 Å². The first-order valence-corrected chi connectivity index (χ1v) is 15.8. The fourth-order valence-electron chi connectivity index (χ4n) is 9.68. The minimum absolute atomic E-state index is 0.0233. The largest absolute Gasteiger partial charge is 0.459 e. The van der Waals surface area contributed by atoms with Gasteiger partial charge in [-0.05, 0) is 103 Å². The van der Waals surface area contributed by atoms with Crippen LogP contribution in [0.25, 0.3) is 6.08 Å². The van der Waals surface area contributed by atoms with Crippen LogP contribution in [0.4, 0.5) is 0 Å². The van der Waals surface area contributed by atoms with Crippen molar-refractivity contribution in [2.45, 2.75) is 111 Å². The van der Waals surface area contributed by atoms with E-state index in [1.807, 2.05) is 36.4 Å². The van der Waals surface area contributed by atoms with E-state index >= 15 is 0 Å². The molecule has 0 spiro atoms. The first kappa shape index (κ1) is 27.7. The summed E-state index contributed by atoms with van der Waals surface area (Å²) >= 11 is 0. The summed E-state index contributed by atoms with van der Waals surface area (Å²) in [6.45, 7) is 12.6. The molecular formula is C36H52O2. The Morgan fingerprint density at radius 1 is 1.00 bits per heavy atom. The summed E-state index contributed by atoms with van der Waals surface area (Å²) in [5.41, 5.74) is 3.46. The lowest BCUT2D eigenvalue weighted by molar-refractivity contribution is -0.145. The van der Waals surface area contributed by atoms with Crippen LogP contribution in [-0.4, -0.2) is 12.1 Å². The number of benzene rings is 1. The Labute approximate surface area is 232 Å². The van der Waals surface area contributed by atoms with Crippen LogP contribution in [0, 0.1) is 46.3 Å². The number of ether oxygens (including phenoxy) is 1. The van der Waals surface area contributed by atoms with Crippen molar-refractivity contribution in [3.8, 4) is 0 Å². The highest BCUT2D eigenvalue weighted by Crippen LogP contribution is 2.67. The maximum atomic E-state index is 12.6. The first-order valence-electron chi connectivity index (χ1n) is 15.8. The van der Waals surface area contributed by atoms with Gasteiger partial charge in [0.1, 0.15) is 6.10 Å². The van der Waals surface area contributed by atoms with E-state index in [2.05, 4.69) is 40.7 Å². The Kier molecular flexibility index (Phi) is 8.28. The van der Waals surface area contributed by atoms with E-state index in [0.29, 0.717) is 10.8 Å². The van der Waals surface area contributed by atoms with Gasteiger partial charge in [-0.15, -0.1) is 0 Å². The molecular weight excluding hydrogens is 464 g/mol. The fraction of sp³-hybridized carbons (Fsp3) is 0.694. The Morgan fingerprint density at radius 2 is 1.79 bits per heavy atom. The third-order valence-corrected chi connectivity index (χ3v) is 11.8. The maximum absolute atomic E-state index is 12.6. The zero-order valence-corrected chi connectivity index (χ0v) is 24.8. The van der Waals surface area contributed by atoms with Crippen LogP contribution >= 0.6 is 0 Å². The molecule has 0 N–H and O–H groups in total. The van der Waals surface area contributed by atoms with Gasteiger partial charge in [0, 0.05) is 12.5 Å². The minimum Gasteiger partial charge on any atom is -0.459 e. The number of rotatable bonds is 8. The third-order valence-electron chi connectivity index (χ3n) is 11.8. The molecule has 38 heavy (non-hydrogen) atoms. The van der Waals surface area contributed by atoms with Gasteiger partial charge in [0.15, 0.2) is 0 Å². The number of carbonyl (C=O) groups excluding carboxylic acids is 1. The van der Waals surface area contributed by atoms with Gasteiger partial charge in [-0.2, -0.15) is 0 Å². The highest BCUT2D eigenvalue weighted by Gasteiger charge is 2.59. The second-order valence-electron chi connectivity index (χ2n) is 14.3. The van der Waals surface area contributed by atoms with Crippen LogP contribution in [0.1, 0.15) is 111 Å². The Bertz CT molecular complexity index is 1020. The van der Waals surface area contributed by atoms with Gasteiger partial charge in [0.05, 0.1) is 0 Å². The number of carbonyl (C=O) groups is 1. The lowest BCUT2D eigenvalue weighted by Gasteiger charge is -2.58. The zero-order valence-electron chi connectivity index (χ0n) is 24.8. The summed E-state index contributed by atoms with van der Waals surface area (Å²) in [5.74, 6) is 4.97. The van der Waals surface area contributed by atoms with Gasteiger partial charge in [0.2, 0.25) is 0 Å². The smallest absolute Gasteiger partial charge is 0.331 e. The van der Waals surface area contributed by atoms with E-state index in [0.717, 1.165) is 53.9 Å². The normalized spacial score (nSPS) is 37.3. The van der Waals surface area contributed by atoms with E-state index in [1.165, 1.54) is 57.8 Å². The van der Waals surface area contributed by atoms with Crippen LogP contribution in [0.2, 0.25) is 0 Å². The molecule has 0 unspecified atom stereocenters. The summed E-state index contributed by atoms with van der Waals surface area (Å²) < 4.78 is 5.95. The molecule has 0 saturated heterocycles. The SMILES string of the molecule is CC(C)CCC[C@@H](C)[C@H]1CC[C@H]2[C@@H]3CC=C4C[C@@H](OC(=O)/C=C/c5ccccc5)CC[C@]4(C)[C@H]3CC[C@]12C. The summed E-state index contributed by atoms with van der Waals surface area (Å²) in [6.07, 6.45) is 20.3. The summed E-state index contributed by atoms with van der Waals surface area (Å²) in [6, 6.07) is 9.99. The standard InChI is InChI=1S/C36H52O2/c1-25(2)10-9-11-26(3)31-17-18-32-30-16-15-28-24-29(38-34(37)19-14-27-12-7-6-8-13-27)20-22-35(28,4)33(30)21-23-36(31,32)5/h6-8,12-15,19,25-26,29-33H,9-11,16-18,20-24H2,1-5H3/b19-14+/t26-,29+,30+,31-,32+,33+,35+,36-/m1/s1. The average Bonchev–Trinajstić information content (AvgIpc) is 3.25. The van der Waals surface area contributed by atoms with E-state index in [4.69, 9.17) is 4.74 Å². The molecule has 4 aliphatic rings. The van der Waals surface area contributed by atoms with Gasteiger partial charge < -0.3 is 4.74 Å². The lowest BCUT2D eigenvalue weighted by Crippen LogP contribution is -2.51. The van der Waals surface area contributed by atoms with Crippen molar-refractivity contribution in [1.82, 2.24) is 0 Å². The maximum Gasteiger partial charge on any atom is 0.331 e. The molecule has 2 nitrogen and oxygen atoms in total. The van der Waals surface area contributed by atoms with E-state index < -0.39 is 0 Å². The first-order chi connectivity index (χ1) is 18.2. The highest BCUT2D eigenvalue weighted by molar-refractivity contribution is 5.87. The molecule has 0 bridgehead atoms. The minimum atomic E-state index is -0.204. The van der Waals surface area contributed by atoms with E-state index in [1.54, 1.807) is 11.6 Å². The van der Waals surface area contributed by atoms with Crippen molar-refractivity contribution < 1.29 is 9.53 Å². The van der Waals surface area contributed by atoms with Crippen molar-refractivity contribution in [3.63, 3.8) is 0 Å². The Balaban J connectivity index is 1.22. The molecule has 208 valence electrons. The Morgan fingerprint density at radius 3 is 2.55 bits per heavy atom. The van der Waals surface area contributed by atoms with Crippen LogP contribution < -0.4 is 0 Å². The predicted molar refractivity (Wildman–Crippen MR) is 158 cm³/mol. The van der Waals surface area contributed by atoms with Gasteiger partial charge >= 0.3 is 5.97 Å². The molecule has 5 rings (SSSR count). The second kappa shape index (κ2) is 11.3. The highest BCUT2D eigenvalue weighted by atomic mass is 16.5. The molecule has 1 aromatic carbocycles. The summed E-state index contributed by atoms with van der Waals surface area (Å²) in [7, 11) is 0. The molecule has 4 aliphatic carbocycles. The molecule has 3 saturated carbocycles. The van der Waals surface area contributed by atoms with Crippen molar-refractivity contribution in [3.05, 3.63) is 53.6 Å². The van der Waals surface area contributed by atoms with Crippen molar-refractivity contribution in [2.24, 2.45) is 46.3 Å². The predicted octanol–water partition coefficient (Wildman–Crippen LogP) is 9.65. The zero-order chi connectivity index (χ0) is 26.9. The molecule has 3 fully saturated rings. The van der Waals surface area contributed by atoms with Gasteiger partial charge in [0.25, 0.3) is 0 Å². The topological polar surface area (TPSA) is 26.3 Å². The molecule has 0 aromatic heterocycles. The van der Waals surface area contributed by atoms with Gasteiger partial charge in [-0.3, -0.25) is 0 Å². The molecule has 1 aromatic rings. The van der Waals surface area contributed by atoms with Crippen LogP contribution in [0.5, 0.6) is 0 Å². The monoisotopic (exact) mass is 516 g/mol. The molecule has 0 aliphatic heterocycles. The van der Waals surface area contributed by atoms with Crippen LogP contribution in [0.3, 0.4) is 0 Å². The van der Waals surface area contributed by atoms with Gasteiger partial charge in [-0.25, -0.2) is 4.79 Å². The fourth-order valence-corrected chi connectivity index (χ4v) is 9.68. The van der Waals surface area contributed by atoms with E-state index in [-0.39, 0.29) is 12.1 Å². The lowest BCUT2D eigenvalue weighted by atomic mass is 9.47. The van der Waals surface area contributed by atoms with Crippen LogP contribution in [0.15, 0.2) is 48.1 Å². The average molecular weight is 517 g/mol. The molecule has 0 heterocycles. The van der Waals surface area contributed by atoms with Crippen molar-refractivity contribution in [1.29, 1.82) is 0 Å². The van der Waals surface area contributed by atoms with Crippen molar-refractivity contribution >= 4 is 12.0 Å². The summed E-state index contributed by atoms with van der Waals surface area (Å²) in [4.78, 5) is 12.6. The van der Waals surface area contributed by atoms with Crippen LogP contribution in [-0.2, 0) is 9.53 Å². The number of fused-ring (bicyclic) bond motifs is 5. The molecule has 0 radical (unpaired) electrons. The molecule has 8 atom stereocenters. The number of esters is 1. The number of hydrogen-bond donors (Lipinski definition) is 0. The third kappa shape index (κ3) is 5.44. The molecule has 0 amide bonds. The molecule has 2 heteroatoms. The Hall–Kier alpha value is -1.83. The summed E-state index contributed by atoms with van der Waals surface area (Å²) in [5, 5.41) is 0. The van der Waals surface area contributed by atoms with E-state index in [9.17, 15) is 4.79 Å². The van der Waals surface area contributed by atoms with Gasteiger partial charge in [-0.1, -0.05) is 95.9 Å². The number of allylic oxidation sites excluding steroid dienone is 1. The number of hydrogen-bond acceptors (Lipinski definition) is 2.